The molecule has 0 saturated carbocycles. The van der Waals surface area contributed by atoms with Crippen molar-refractivity contribution >= 4 is 21.6 Å². The number of nitrogens with zero attached hydrogens (tertiary/aromatic N) is 3. The number of aryl methyl sites for hydroxylation is 2. The van der Waals surface area contributed by atoms with Crippen LogP contribution in [0.1, 0.15) is 29.5 Å². The summed E-state index contributed by atoms with van der Waals surface area (Å²) < 4.78 is 33.7. The number of carbonyl (C=O) groups is 1. The molecule has 1 atom stereocenters. The van der Waals surface area contributed by atoms with E-state index in [1.807, 2.05) is 4.90 Å². The minimum absolute atomic E-state index is 0.0859. The molecule has 1 amide bonds. The van der Waals surface area contributed by atoms with Crippen LogP contribution in [-0.2, 0) is 14.8 Å². The maximum absolute atomic E-state index is 13.5. The van der Waals surface area contributed by atoms with Crippen LogP contribution in [0, 0.1) is 20.8 Å². The number of carbonyl (C=O) groups excluding carboxylic acids is 1. The highest BCUT2D eigenvalue weighted by Crippen LogP contribution is 2.31. The van der Waals surface area contributed by atoms with Crippen LogP contribution in [-0.4, -0.2) is 69.4 Å². The van der Waals surface area contributed by atoms with Crippen LogP contribution >= 0.6 is 0 Å². The first-order valence-corrected chi connectivity index (χ1v) is 12.9. The van der Waals surface area contributed by atoms with Gasteiger partial charge in [0.05, 0.1) is 12.0 Å². The van der Waals surface area contributed by atoms with Crippen molar-refractivity contribution in [3.63, 3.8) is 0 Å². The van der Waals surface area contributed by atoms with E-state index < -0.39 is 16.1 Å². The molecule has 0 bridgehead atoms. The van der Waals surface area contributed by atoms with Crippen molar-refractivity contribution in [2.24, 2.45) is 0 Å². The second kappa shape index (κ2) is 9.35. The summed E-state index contributed by atoms with van der Waals surface area (Å²) >= 11 is 0. The zero-order chi connectivity index (χ0) is 23.8. The second-order valence-corrected chi connectivity index (χ2v) is 10.8. The normalized spacial score (nSPS) is 19.7. The number of hydrogen-bond donors (Lipinski definition) is 0. The SMILES string of the molecule is COc1ccc(C)c(S(=O)(=O)N2CCC[C@@H]2C(=O)N2CCN(c3cccc(C)c3C)CC2)c1. The second-order valence-electron chi connectivity index (χ2n) is 8.94. The number of sulfonamides is 1. The highest BCUT2D eigenvalue weighted by Gasteiger charge is 2.42. The molecule has 33 heavy (non-hydrogen) atoms. The third kappa shape index (κ3) is 4.46. The Hall–Kier alpha value is -2.58. The van der Waals surface area contributed by atoms with Crippen molar-refractivity contribution < 1.29 is 17.9 Å². The Bertz CT molecular complexity index is 1140. The summed E-state index contributed by atoms with van der Waals surface area (Å²) in [4.78, 5) is 17.8. The predicted octanol–water partition coefficient (Wildman–Crippen LogP) is 3.12. The van der Waals surface area contributed by atoms with E-state index in [1.54, 1.807) is 25.1 Å². The smallest absolute Gasteiger partial charge is 0.244 e. The van der Waals surface area contributed by atoms with Crippen LogP contribution in [0.3, 0.4) is 0 Å². The lowest BCUT2D eigenvalue weighted by Crippen LogP contribution is -2.54. The predicted molar refractivity (Wildman–Crippen MR) is 129 cm³/mol. The first-order chi connectivity index (χ1) is 15.7. The quantitative estimate of drug-likeness (QED) is 0.670. The topological polar surface area (TPSA) is 70.2 Å². The number of rotatable bonds is 5. The summed E-state index contributed by atoms with van der Waals surface area (Å²) in [6, 6.07) is 10.7. The Morgan fingerprint density at radius 1 is 0.970 bits per heavy atom. The molecule has 2 saturated heterocycles. The van der Waals surface area contributed by atoms with Crippen LogP contribution in [0.15, 0.2) is 41.3 Å². The summed E-state index contributed by atoms with van der Waals surface area (Å²) in [5.41, 5.74) is 4.38. The standard InChI is InChI=1S/C25H33N3O4S/c1-18-7-5-8-22(20(18)3)26-13-15-27(16-14-26)25(29)23-9-6-12-28(23)33(30,31)24-17-21(32-4)11-10-19(24)2/h5,7-8,10-11,17,23H,6,9,12-16H2,1-4H3/t23-/m1/s1. The lowest BCUT2D eigenvalue weighted by atomic mass is 10.1. The van der Waals surface area contributed by atoms with Gasteiger partial charge in [-0.1, -0.05) is 18.2 Å². The number of benzene rings is 2. The van der Waals surface area contributed by atoms with E-state index in [2.05, 4.69) is 36.9 Å². The summed E-state index contributed by atoms with van der Waals surface area (Å²) in [5.74, 6) is 0.404. The maximum atomic E-state index is 13.5. The molecule has 2 aliphatic heterocycles. The van der Waals surface area contributed by atoms with Gasteiger partial charge in [-0.2, -0.15) is 4.31 Å². The highest BCUT2D eigenvalue weighted by atomic mass is 32.2. The van der Waals surface area contributed by atoms with Crippen molar-refractivity contribution in [3.8, 4) is 5.75 Å². The van der Waals surface area contributed by atoms with Crippen molar-refractivity contribution in [2.45, 2.75) is 44.6 Å². The monoisotopic (exact) mass is 471 g/mol. The van der Waals surface area contributed by atoms with Crippen molar-refractivity contribution in [1.29, 1.82) is 0 Å². The fraction of sp³-hybridized carbons (Fsp3) is 0.480. The van der Waals surface area contributed by atoms with E-state index >= 15 is 0 Å². The molecule has 0 radical (unpaired) electrons. The average Bonchev–Trinajstić information content (AvgIpc) is 3.32. The number of methoxy groups -OCH3 is 1. The van der Waals surface area contributed by atoms with E-state index in [0.717, 1.165) is 13.1 Å². The fourth-order valence-electron chi connectivity index (χ4n) is 4.84. The molecule has 2 aromatic rings. The van der Waals surface area contributed by atoms with E-state index in [9.17, 15) is 13.2 Å². The zero-order valence-electron chi connectivity index (χ0n) is 19.9. The number of anilines is 1. The third-order valence-electron chi connectivity index (χ3n) is 6.98. The average molecular weight is 472 g/mol. The maximum Gasteiger partial charge on any atom is 0.244 e. The third-order valence-corrected chi connectivity index (χ3v) is 9.03. The van der Waals surface area contributed by atoms with Gasteiger partial charge in [-0.3, -0.25) is 4.79 Å². The van der Waals surface area contributed by atoms with Crippen LogP contribution in [0.25, 0.3) is 0 Å². The van der Waals surface area contributed by atoms with Crippen molar-refractivity contribution in [3.05, 3.63) is 53.1 Å². The van der Waals surface area contributed by atoms with Gasteiger partial charge in [0.2, 0.25) is 15.9 Å². The van der Waals surface area contributed by atoms with Crippen molar-refractivity contribution in [1.82, 2.24) is 9.21 Å². The number of hydrogen-bond acceptors (Lipinski definition) is 5. The van der Waals surface area contributed by atoms with E-state index in [0.29, 0.717) is 43.8 Å². The van der Waals surface area contributed by atoms with Crippen LogP contribution in [0.2, 0.25) is 0 Å². The fourth-order valence-corrected chi connectivity index (χ4v) is 6.74. The molecule has 2 aliphatic rings. The lowest BCUT2D eigenvalue weighted by Gasteiger charge is -2.39. The molecular weight excluding hydrogens is 438 g/mol. The molecule has 0 aliphatic carbocycles. The van der Waals surface area contributed by atoms with Crippen molar-refractivity contribution in [2.75, 3.05) is 44.7 Å². The summed E-state index contributed by atoms with van der Waals surface area (Å²) in [5, 5.41) is 0. The van der Waals surface area contributed by atoms with Gasteiger partial charge in [0.15, 0.2) is 0 Å². The molecule has 0 unspecified atom stereocenters. The Balaban J connectivity index is 1.49. The van der Waals surface area contributed by atoms with Gasteiger partial charge < -0.3 is 14.5 Å². The van der Waals surface area contributed by atoms with Crippen LogP contribution in [0.5, 0.6) is 5.75 Å². The number of piperazine rings is 1. The molecule has 2 fully saturated rings. The van der Waals surface area contributed by atoms with Gasteiger partial charge in [0.1, 0.15) is 11.8 Å². The van der Waals surface area contributed by atoms with Crippen LogP contribution in [0.4, 0.5) is 5.69 Å². The van der Waals surface area contributed by atoms with Gasteiger partial charge in [-0.25, -0.2) is 8.42 Å². The van der Waals surface area contributed by atoms with E-state index in [1.165, 1.54) is 28.2 Å². The lowest BCUT2D eigenvalue weighted by molar-refractivity contribution is -0.134. The molecule has 8 heteroatoms. The number of ether oxygens (including phenoxy) is 1. The van der Waals surface area contributed by atoms with Gasteiger partial charge in [0, 0.05) is 44.5 Å². The first kappa shape index (κ1) is 23.6. The molecule has 4 rings (SSSR count). The molecule has 2 aromatic carbocycles. The summed E-state index contributed by atoms with van der Waals surface area (Å²) in [6.45, 7) is 9.03. The van der Waals surface area contributed by atoms with Gasteiger partial charge >= 0.3 is 0 Å². The molecule has 0 N–H and O–H groups in total. The Morgan fingerprint density at radius 2 is 1.70 bits per heavy atom. The zero-order valence-corrected chi connectivity index (χ0v) is 20.7. The molecular formula is C25H33N3O4S. The van der Waals surface area contributed by atoms with E-state index in [4.69, 9.17) is 4.74 Å². The minimum Gasteiger partial charge on any atom is -0.497 e. The summed E-state index contributed by atoms with van der Waals surface area (Å²) in [7, 11) is -2.29. The molecule has 0 aromatic heterocycles. The van der Waals surface area contributed by atoms with Gasteiger partial charge in [-0.05, 0) is 62.4 Å². The van der Waals surface area contributed by atoms with E-state index in [-0.39, 0.29) is 10.8 Å². The molecule has 178 valence electrons. The largest absolute Gasteiger partial charge is 0.497 e. The Kier molecular flexibility index (Phi) is 6.68. The Labute approximate surface area is 197 Å². The van der Waals surface area contributed by atoms with Gasteiger partial charge in [-0.15, -0.1) is 0 Å². The summed E-state index contributed by atoms with van der Waals surface area (Å²) in [6.07, 6.45) is 1.24. The molecule has 2 heterocycles. The van der Waals surface area contributed by atoms with Gasteiger partial charge in [0.25, 0.3) is 0 Å². The Morgan fingerprint density at radius 3 is 2.39 bits per heavy atom. The highest BCUT2D eigenvalue weighted by molar-refractivity contribution is 7.89. The van der Waals surface area contributed by atoms with Crippen LogP contribution < -0.4 is 9.64 Å². The number of amides is 1. The molecule has 0 spiro atoms. The minimum atomic E-state index is -3.80. The first-order valence-electron chi connectivity index (χ1n) is 11.5. The molecule has 7 nitrogen and oxygen atoms in total.